The zero-order valence-electron chi connectivity index (χ0n) is 12.0. The molecular weight excluding hydrogens is 262 g/mol. The van der Waals surface area contributed by atoms with E-state index >= 15 is 0 Å². The van der Waals surface area contributed by atoms with Crippen molar-refractivity contribution in [2.45, 2.75) is 39.2 Å². The first-order valence-electron chi connectivity index (χ1n) is 6.94. The number of primary amides is 1. The summed E-state index contributed by atoms with van der Waals surface area (Å²) in [6.07, 6.45) is 1.95. The van der Waals surface area contributed by atoms with Gasteiger partial charge >= 0.3 is 12.0 Å². The van der Waals surface area contributed by atoms with Crippen LogP contribution < -0.4 is 11.1 Å². The Hall–Kier alpha value is -1.79. The lowest BCUT2D eigenvalue weighted by Crippen LogP contribution is -2.55. The van der Waals surface area contributed by atoms with E-state index in [1.807, 2.05) is 13.8 Å². The number of rotatable bonds is 5. The average molecular weight is 285 g/mol. The van der Waals surface area contributed by atoms with Crippen LogP contribution in [0.3, 0.4) is 0 Å². The van der Waals surface area contributed by atoms with Gasteiger partial charge < -0.3 is 21.1 Å². The molecule has 2 unspecified atom stereocenters. The second-order valence-electron chi connectivity index (χ2n) is 5.33. The van der Waals surface area contributed by atoms with Gasteiger partial charge in [0.05, 0.1) is 5.92 Å². The number of hydrogen-bond donors (Lipinski definition) is 3. The molecule has 1 aliphatic rings. The van der Waals surface area contributed by atoms with Gasteiger partial charge in [-0.15, -0.1) is 0 Å². The van der Waals surface area contributed by atoms with E-state index in [1.54, 1.807) is 0 Å². The van der Waals surface area contributed by atoms with Crippen molar-refractivity contribution in [1.82, 2.24) is 10.2 Å². The number of nitrogens with one attached hydrogen (secondary N) is 1. The molecule has 7 nitrogen and oxygen atoms in total. The van der Waals surface area contributed by atoms with Crippen molar-refractivity contribution in [2.75, 3.05) is 13.1 Å². The van der Waals surface area contributed by atoms with Crippen LogP contribution in [-0.4, -0.2) is 47.0 Å². The summed E-state index contributed by atoms with van der Waals surface area (Å²) in [6, 6.07) is -1.43. The molecule has 20 heavy (non-hydrogen) atoms. The van der Waals surface area contributed by atoms with E-state index < -0.39 is 24.0 Å². The monoisotopic (exact) mass is 285 g/mol. The zero-order chi connectivity index (χ0) is 15.3. The van der Waals surface area contributed by atoms with Crippen molar-refractivity contribution in [3.05, 3.63) is 0 Å². The highest BCUT2D eigenvalue weighted by Gasteiger charge is 2.34. The number of urea groups is 1. The molecule has 4 N–H and O–H groups in total. The highest BCUT2D eigenvalue weighted by atomic mass is 16.4. The van der Waals surface area contributed by atoms with Crippen LogP contribution in [0.5, 0.6) is 0 Å². The third-order valence-corrected chi connectivity index (χ3v) is 3.86. The van der Waals surface area contributed by atoms with E-state index in [1.165, 1.54) is 4.90 Å². The number of nitrogens with two attached hydrogens (primary N) is 1. The minimum Gasteiger partial charge on any atom is -0.481 e. The molecule has 0 saturated carbocycles. The Morgan fingerprint density at radius 2 is 2.10 bits per heavy atom. The summed E-state index contributed by atoms with van der Waals surface area (Å²) < 4.78 is 0. The average Bonchev–Trinajstić information content (AvgIpc) is 2.43. The molecule has 1 heterocycles. The van der Waals surface area contributed by atoms with E-state index in [4.69, 9.17) is 10.8 Å². The number of likely N-dealkylation sites (tertiary alicyclic amines) is 1. The topological polar surface area (TPSA) is 113 Å². The van der Waals surface area contributed by atoms with E-state index in [9.17, 15) is 14.4 Å². The molecule has 1 fully saturated rings. The fourth-order valence-electron chi connectivity index (χ4n) is 2.41. The number of carboxylic acids is 1. The second kappa shape index (κ2) is 7.12. The van der Waals surface area contributed by atoms with Crippen LogP contribution in [0.2, 0.25) is 0 Å². The molecular formula is C13H23N3O4. The highest BCUT2D eigenvalue weighted by molar-refractivity contribution is 5.87. The molecule has 114 valence electrons. The molecule has 0 aromatic carbocycles. The predicted octanol–water partition coefficient (Wildman–Crippen LogP) is 0.393. The van der Waals surface area contributed by atoms with Gasteiger partial charge in [-0.25, -0.2) is 4.79 Å². The van der Waals surface area contributed by atoms with E-state index in [0.717, 1.165) is 0 Å². The Balaban J connectivity index is 2.77. The minimum absolute atomic E-state index is 0.0554. The Bertz CT molecular complexity index is 386. The number of aliphatic carboxylic acids is 1. The molecule has 0 radical (unpaired) electrons. The van der Waals surface area contributed by atoms with Gasteiger partial charge in [0.15, 0.2) is 0 Å². The van der Waals surface area contributed by atoms with Crippen molar-refractivity contribution >= 4 is 17.9 Å². The summed E-state index contributed by atoms with van der Waals surface area (Å²) >= 11 is 0. The fourth-order valence-corrected chi connectivity index (χ4v) is 2.41. The molecule has 3 amide bonds. The van der Waals surface area contributed by atoms with Gasteiger partial charge in [-0.05, 0) is 18.8 Å². The zero-order valence-corrected chi connectivity index (χ0v) is 12.0. The number of nitrogens with zero attached hydrogens (tertiary/aromatic N) is 1. The first kappa shape index (κ1) is 16.3. The minimum atomic E-state index is -0.884. The maximum atomic E-state index is 12.5. The van der Waals surface area contributed by atoms with Crippen molar-refractivity contribution in [1.29, 1.82) is 0 Å². The highest BCUT2D eigenvalue weighted by Crippen LogP contribution is 2.19. The Labute approximate surface area is 118 Å². The summed E-state index contributed by atoms with van der Waals surface area (Å²) in [5.74, 6) is -1.71. The summed E-state index contributed by atoms with van der Waals surface area (Å²) in [7, 11) is 0. The van der Waals surface area contributed by atoms with Crippen LogP contribution >= 0.6 is 0 Å². The fraction of sp³-hybridized carbons (Fsp3) is 0.769. The number of amides is 3. The molecule has 1 aliphatic heterocycles. The Morgan fingerprint density at radius 3 is 2.60 bits per heavy atom. The van der Waals surface area contributed by atoms with Gasteiger partial charge in [-0.1, -0.05) is 20.3 Å². The first-order chi connectivity index (χ1) is 9.36. The number of carboxylic acid groups (broad SMARTS) is 1. The Morgan fingerprint density at radius 1 is 1.45 bits per heavy atom. The summed E-state index contributed by atoms with van der Waals surface area (Å²) in [5.41, 5.74) is 5.11. The van der Waals surface area contributed by atoms with Crippen LogP contribution in [0.4, 0.5) is 4.79 Å². The molecule has 0 aromatic heterocycles. The normalized spacial score (nSPS) is 21.9. The van der Waals surface area contributed by atoms with Gasteiger partial charge in [0.1, 0.15) is 6.04 Å². The SMILES string of the molecule is CCC(C)C(NC(N)=O)C(=O)N1CCC[C@@H](C(=O)O)C1. The third-order valence-electron chi connectivity index (χ3n) is 3.86. The lowest BCUT2D eigenvalue weighted by molar-refractivity contribution is -0.146. The van der Waals surface area contributed by atoms with Gasteiger partial charge in [-0.2, -0.15) is 0 Å². The van der Waals surface area contributed by atoms with E-state index in [2.05, 4.69) is 5.32 Å². The lowest BCUT2D eigenvalue weighted by Gasteiger charge is -2.35. The van der Waals surface area contributed by atoms with Crippen molar-refractivity contribution in [3.63, 3.8) is 0 Å². The van der Waals surface area contributed by atoms with E-state index in [0.29, 0.717) is 25.8 Å². The van der Waals surface area contributed by atoms with Gasteiger partial charge in [0, 0.05) is 13.1 Å². The van der Waals surface area contributed by atoms with Crippen LogP contribution in [0.25, 0.3) is 0 Å². The van der Waals surface area contributed by atoms with Gasteiger partial charge in [0.2, 0.25) is 5.91 Å². The first-order valence-corrected chi connectivity index (χ1v) is 6.94. The smallest absolute Gasteiger partial charge is 0.312 e. The third kappa shape index (κ3) is 4.11. The van der Waals surface area contributed by atoms with Gasteiger partial charge in [-0.3, -0.25) is 9.59 Å². The van der Waals surface area contributed by atoms with Crippen LogP contribution in [-0.2, 0) is 9.59 Å². The standard InChI is InChI=1S/C13H23N3O4/c1-3-8(2)10(15-13(14)20)11(17)16-6-4-5-9(7-16)12(18)19/h8-10H,3-7H2,1-2H3,(H,18,19)(H3,14,15,20)/t8?,9-,10?/m1/s1. The molecule has 1 saturated heterocycles. The summed E-state index contributed by atoms with van der Waals surface area (Å²) in [5, 5.41) is 11.5. The molecule has 7 heteroatoms. The predicted molar refractivity (Wildman–Crippen MR) is 72.9 cm³/mol. The second-order valence-corrected chi connectivity index (χ2v) is 5.33. The number of carbonyl (C=O) groups excluding carboxylic acids is 2. The molecule has 3 atom stereocenters. The lowest BCUT2D eigenvalue weighted by atomic mass is 9.94. The Kier molecular flexibility index (Phi) is 5.79. The van der Waals surface area contributed by atoms with E-state index in [-0.39, 0.29) is 18.4 Å². The molecule has 0 spiro atoms. The molecule has 0 bridgehead atoms. The molecule has 0 aromatic rings. The number of carbonyl (C=O) groups is 3. The number of piperidine rings is 1. The molecule has 1 rings (SSSR count). The molecule has 0 aliphatic carbocycles. The van der Waals surface area contributed by atoms with Crippen LogP contribution in [0.15, 0.2) is 0 Å². The maximum Gasteiger partial charge on any atom is 0.312 e. The van der Waals surface area contributed by atoms with Crippen molar-refractivity contribution in [2.24, 2.45) is 17.6 Å². The summed E-state index contributed by atoms with van der Waals surface area (Å²) in [6.45, 7) is 4.50. The number of hydrogen-bond acceptors (Lipinski definition) is 3. The quantitative estimate of drug-likeness (QED) is 0.678. The van der Waals surface area contributed by atoms with Crippen molar-refractivity contribution in [3.8, 4) is 0 Å². The van der Waals surface area contributed by atoms with Gasteiger partial charge in [0.25, 0.3) is 0 Å². The van der Waals surface area contributed by atoms with Crippen LogP contribution in [0, 0.1) is 11.8 Å². The summed E-state index contributed by atoms with van der Waals surface area (Å²) in [4.78, 5) is 36.1. The largest absolute Gasteiger partial charge is 0.481 e. The van der Waals surface area contributed by atoms with Crippen LogP contribution in [0.1, 0.15) is 33.1 Å². The van der Waals surface area contributed by atoms with Crippen molar-refractivity contribution < 1.29 is 19.5 Å². The maximum absolute atomic E-state index is 12.5.